The Labute approximate surface area is 122 Å². The lowest BCUT2D eigenvalue weighted by Gasteiger charge is -2.09. The van der Waals surface area contributed by atoms with Crippen LogP contribution < -0.4 is 4.57 Å². The number of rotatable bonds is 10. The van der Waals surface area contributed by atoms with Gasteiger partial charge in [0.15, 0.2) is 0 Å². The number of carbonyl (C=O) groups excluding carboxylic acids is 1. The Balaban J connectivity index is 2.08. The monoisotopic (exact) mass is 281 g/mol. The largest absolute Gasteiger partial charge is 0.422 e. The second-order valence-electron chi connectivity index (χ2n) is 5.49. The molecule has 0 spiro atoms. The number of carbonyl (C=O) groups is 1. The number of unbranched alkanes of at least 4 members (excludes halogenated alkanes) is 6. The summed E-state index contributed by atoms with van der Waals surface area (Å²) >= 11 is 0. The molecule has 20 heavy (non-hydrogen) atoms. The van der Waals surface area contributed by atoms with Crippen molar-refractivity contribution in [2.24, 2.45) is 7.05 Å². The molecule has 0 bridgehead atoms. The summed E-state index contributed by atoms with van der Waals surface area (Å²) in [5.41, 5.74) is 0. The molecule has 1 atom stereocenters. The molecule has 1 rings (SSSR count). The van der Waals surface area contributed by atoms with Gasteiger partial charge in [0.2, 0.25) is 12.6 Å². The van der Waals surface area contributed by atoms with Crippen LogP contribution in [0.5, 0.6) is 0 Å². The van der Waals surface area contributed by atoms with Gasteiger partial charge in [-0.1, -0.05) is 45.4 Å². The number of aromatic nitrogens is 2. The van der Waals surface area contributed by atoms with E-state index in [0.29, 0.717) is 6.42 Å². The Morgan fingerprint density at radius 3 is 2.45 bits per heavy atom. The fraction of sp³-hybridized carbons (Fsp3) is 0.750. The number of nitrogens with zero attached hydrogens (tertiary/aromatic N) is 2. The van der Waals surface area contributed by atoms with Gasteiger partial charge in [0.05, 0.1) is 7.05 Å². The first-order chi connectivity index (χ1) is 9.63. The van der Waals surface area contributed by atoms with E-state index in [4.69, 9.17) is 4.74 Å². The maximum Gasteiger partial charge on any atom is 0.309 e. The summed E-state index contributed by atoms with van der Waals surface area (Å²) in [7, 11) is 1.95. The average Bonchev–Trinajstić information content (AvgIpc) is 2.84. The highest BCUT2D eigenvalue weighted by Gasteiger charge is 2.14. The Morgan fingerprint density at radius 1 is 1.20 bits per heavy atom. The lowest BCUT2D eigenvalue weighted by atomic mass is 10.1. The van der Waals surface area contributed by atoms with Crippen molar-refractivity contribution in [3.63, 3.8) is 0 Å². The number of ether oxygens (including phenoxy) is 1. The second kappa shape index (κ2) is 9.56. The zero-order valence-corrected chi connectivity index (χ0v) is 13.2. The van der Waals surface area contributed by atoms with E-state index in [9.17, 15) is 4.79 Å². The van der Waals surface area contributed by atoms with Crippen LogP contribution in [0.3, 0.4) is 0 Å². The third kappa shape index (κ3) is 6.73. The Hall–Kier alpha value is -1.32. The number of hydrogen-bond acceptors (Lipinski definition) is 2. The third-order valence-electron chi connectivity index (χ3n) is 3.50. The van der Waals surface area contributed by atoms with Gasteiger partial charge in [-0.2, -0.15) is 4.57 Å². The standard InChI is InChI=1S/C16H29N2O2/c1-4-5-6-7-8-9-10-11-16(19)20-15(2)18-13-12-17(3)14-18/h12-15H,4-11H2,1-3H3/q+1. The highest BCUT2D eigenvalue weighted by Crippen LogP contribution is 2.11. The van der Waals surface area contributed by atoms with Crippen LogP contribution in [0.15, 0.2) is 18.7 Å². The summed E-state index contributed by atoms with van der Waals surface area (Å²) < 4.78 is 9.23. The molecule has 0 aliphatic rings. The summed E-state index contributed by atoms with van der Waals surface area (Å²) in [4.78, 5) is 11.7. The molecule has 0 aliphatic carbocycles. The lowest BCUT2D eigenvalue weighted by Crippen LogP contribution is -2.24. The van der Waals surface area contributed by atoms with E-state index in [1.54, 1.807) is 0 Å². The first kappa shape index (κ1) is 16.7. The summed E-state index contributed by atoms with van der Waals surface area (Å²) in [5, 5.41) is 0. The molecule has 0 N–H and O–H groups in total. The van der Waals surface area contributed by atoms with Crippen LogP contribution in [0, 0.1) is 0 Å². The minimum Gasteiger partial charge on any atom is -0.422 e. The summed E-state index contributed by atoms with van der Waals surface area (Å²) in [6.07, 6.45) is 14.6. The molecular weight excluding hydrogens is 252 g/mol. The molecule has 1 unspecified atom stereocenters. The fourth-order valence-electron chi connectivity index (χ4n) is 2.22. The van der Waals surface area contributed by atoms with Crippen LogP contribution in [0.1, 0.15) is 71.4 Å². The van der Waals surface area contributed by atoms with Gasteiger partial charge in [0, 0.05) is 13.3 Å². The summed E-state index contributed by atoms with van der Waals surface area (Å²) in [6, 6.07) is 0. The van der Waals surface area contributed by atoms with E-state index in [0.717, 1.165) is 12.8 Å². The van der Waals surface area contributed by atoms with Crippen molar-refractivity contribution in [3.8, 4) is 0 Å². The minimum atomic E-state index is -0.228. The summed E-state index contributed by atoms with van der Waals surface area (Å²) in [5.74, 6) is -0.0950. The molecule has 1 aromatic rings. The van der Waals surface area contributed by atoms with Gasteiger partial charge in [-0.25, -0.2) is 4.57 Å². The Kier molecular flexibility index (Phi) is 8.00. The van der Waals surface area contributed by atoms with Gasteiger partial charge >= 0.3 is 5.97 Å². The summed E-state index contributed by atoms with van der Waals surface area (Å²) in [6.45, 7) is 4.12. The zero-order chi connectivity index (χ0) is 14.8. The quantitative estimate of drug-likeness (QED) is 0.374. The number of imidazole rings is 1. The predicted molar refractivity (Wildman–Crippen MR) is 79.0 cm³/mol. The van der Waals surface area contributed by atoms with Crippen LogP contribution in [0.4, 0.5) is 0 Å². The van der Waals surface area contributed by atoms with E-state index in [-0.39, 0.29) is 12.2 Å². The maximum atomic E-state index is 11.7. The lowest BCUT2D eigenvalue weighted by molar-refractivity contribution is -0.671. The van der Waals surface area contributed by atoms with E-state index < -0.39 is 0 Å². The molecule has 4 nitrogen and oxygen atoms in total. The van der Waals surface area contributed by atoms with E-state index >= 15 is 0 Å². The maximum absolute atomic E-state index is 11.7. The van der Waals surface area contributed by atoms with Crippen LogP contribution in [0.25, 0.3) is 0 Å². The van der Waals surface area contributed by atoms with Crippen molar-refractivity contribution >= 4 is 5.97 Å². The highest BCUT2D eigenvalue weighted by molar-refractivity contribution is 5.69. The molecule has 4 heteroatoms. The van der Waals surface area contributed by atoms with Crippen molar-refractivity contribution < 1.29 is 14.1 Å². The molecule has 0 aromatic carbocycles. The predicted octanol–water partition coefficient (Wildman–Crippen LogP) is 3.52. The van der Waals surface area contributed by atoms with Crippen molar-refractivity contribution in [1.82, 2.24) is 4.57 Å². The van der Waals surface area contributed by atoms with Crippen LogP contribution in [-0.4, -0.2) is 10.5 Å². The van der Waals surface area contributed by atoms with Gasteiger partial charge in [0.25, 0.3) is 0 Å². The smallest absolute Gasteiger partial charge is 0.309 e. The first-order valence-corrected chi connectivity index (χ1v) is 7.85. The molecule has 0 saturated heterocycles. The number of hydrogen-bond donors (Lipinski definition) is 0. The average molecular weight is 281 g/mol. The number of aryl methyl sites for hydroxylation is 1. The van der Waals surface area contributed by atoms with E-state index in [1.807, 2.05) is 41.8 Å². The molecule has 0 radical (unpaired) electrons. The fourth-order valence-corrected chi connectivity index (χ4v) is 2.22. The normalized spacial score (nSPS) is 12.3. The van der Waals surface area contributed by atoms with E-state index in [1.165, 1.54) is 32.1 Å². The molecule has 114 valence electrons. The van der Waals surface area contributed by atoms with Gasteiger partial charge in [0.1, 0.15) is 12.4 Å². The molecule has 0 aliphatic heterocycles. The zero-order valence-electron chi connectivity index (χ0n) is 13.2. The SMILES string of the molecule is CCCCCCCCCC(=O)OC(C)n1cc[n+](C)c1. The molecule has 1 aromatic heterocycles. The number of esters is 1. The minimum absolute atomic E-state index is 0.0950. The highest BCUT2D eigenvalue weighted by atomic mass is 16.6. The van der Waals surface area contributed by atoms with Crippen LogP contribution in [-0.2, 0) is 16.6 Å². The van der Waals surface area contributed by atoms with Gasteiger partial charge in [-0.05, 0) is 6.42 Å². The van der Waals surface area contributed by atoms with Gasteiger partial charge in [-0.3, -0.25) is 4.79 Å². The van der Waals surface area contributed by atoms with Crippen molar-refractivity contribution in [3.05, 3.63) is 18.7 Å². The molecule has 0 saturated carbocycles. The van der Waals surface area contributed by atoms with Crippen LogP contribution in [0.2, 0.25) is 0 Å². The van der Waals surface area contributed by atoms with Gasteiger partial charge < -0.3 is 4.74 Å². The van der Waals surface area contributed by atoms with E-state index in [2.05, 4.69) is 6.92 Å². The molecule has 0 amide bonds. The second-order valence-corrected chi connectivity index (χ2v) is 5.49. The Bertz CT molecular complexity index is 388. The first-order valence-electron chi connectivity index (χ1n) is 7.85. The van der Waals surface area contributed by atoms with Gasteiger partial charge in [-0.15, -0.1) is 0 Å². The molecule has 1 heterocycles. The topological polar surface area (TPSA) is 35.1 Å². The van der Waals surface area contributed by atoms with Crippen molar-refractivity contribution in [2.75, 3.05) is 0 Å². The Morgan fingerprint density at radius 2 is 1.85 bits per heavy atom. The molecule has 0 fully saturated rings. The third-order valence-corrected chi connectivity index (χ3v) is 3.50. The molecular formula is C16H29N2O2+. The van der Waals surface area contributed by atoms with Crippen LogP contribution >= 0.6 is 0 Å². The van der Waals surface area contributed by atoms with Crippen molar-refractivity contribution in [2.45, 2.75) is 71.4 Å². The van der Waals surface area contributed by atoms with Crippen molar-refractivity contribution in [1.29, 1.82) is 0 Å².